The van der Waals surface area contributed by atoms with Crippen LogP contribution in [0.25, 0.3) is 0 Å². The summed E-state index contributed by atoms with van der Waals surface area (Å²) in [6.45, 7) is 0.968. The van der Waals surface area contributed by atoms with Gasteiger partial charge in [0.25, 0.3) is 0 Å². The number of hydrogen-bond acceptors (Lipinski definition) is 3. The van der Waals surface area contributed by atoms with Gasteiger partial charge >= 0.3 is 0 Å². The Kier molecular flexibility index (Phi) is 4.96. The summed E-state index contributed by atoms with van der Waals surface area (Å²) in [6.07, 6.45) is 0.381. The summed E-state index contributed by atoms with van der Waals surface area (Å²) in [5.41, 5.74) is 0.857. The number of likely N-dealkylation sites (N-methyl/N-ethyl adjacent to an activating group) is 1. The Morgan fingerprint density at radius 1 is 1.50 bits per heavy atom. The first kappa shape index (κ1) is 14.2. The minimum atomic E-state index is 0.00972. The number of ketones is 1. The second-order valence-corrected chi connectivity index (χ2v) is 6.44. The lowest BCUT2D eigenvalue weighted by atomic mass is 10.0. The van der Waals surface area contributed by atoms with Crippen LogP contribution in [0.3, 0.4) is 0 Å². The van der Waals surface area contributed by atoms with Crippen LogP contribution in [0.1, 0.15) is 5.56 Å². The number of carbonyl (C=O) groups is 1. The van der Waals surface area contributed by atoms with Crippen LogP contribution in [0.2, 0.25) is 10.0 Å². The Hall–Kier alpha value is -0.220. The fraction of sp³-hybridized carbons (Fsp3) is 0.462. The van der Waals surface area contributed by atoms with Gasteiger partial charge in [0.1, 0.15) is 0 Å². The molecule has 1 fully saturated rings. The molecule has 2 nitrogen and oxygen atoms in total. The van der Waals surface area contributed by atoms with Crippen molar-refractivity contribution in [2.75, 3.05) is 25.1 Å². The lowest BCUT2D eigenvalue weighted by molar-refractivity contribution is -0.122. The third-order valence-corrected chi connectivity index (χ3v) is 4.76. The molecule has 0 amide bonds. The molecule has 2 rings (SSSR count). The van der Waals surface area contributed by atoms with Crippen LogP contribution in [0.15, 0.2) is 18.2 Å². The Morgan fingerprint density at radius 3 is 2.94 bits per heavy atom. The minimum absolute atomic E-state index is 0.00972. The Bertz CT molecular complexity index is 453. The summed E-state index contributed by atoms with van der Waals surface area (Å²) in [7, 11) is 2.01. The predicted octanol–water partition coefficient (Wildman–Crippen LogP) is 3.15. The molecule has 5 heteroatoms. The molecule has 1 saturated heterocycles. The molecule has 18 heavy (non-hydrogen) atoms. The zero-order chi connectivity index (χ0) is 13.1. The second-order valence-electron chi connectivity index (χ2n) is 4.45. The average Bonchev–Trinajstić information content (AvgIpc) is 2.33. The monoisotopic (exact) mass is 303 g/mol. The molecule has 0 N–H and O–H groups in total. The van der Waals surface area contributed by atoms with Crippen molar-refractivity contribution in [2.45, 2.75) is 12.5 Å². The molecular formula is C13H15Cl2NOS. The lowest BCUT2D eigenvalue weighted by Crippen LogP contribution is -2.45. The van der Waals surface area contributed by atoms with Crippen molar-refractivity contribution in [1.29, 1.82) is 0 Å². The third kappa shape index (κ3) is 3.41. The van der Waals surface area contributed by atoms with Crippen molar-refractivity contribution < 1.29 is 4.79 Å². The van der Waals surface area contributed by atoms with Crippen molar-refractivity contribution in [2.24, 2.45) is 0 Å². The molecule has 0 saturated carbocycles. The number of halogens is 2. The second kappa shape index (κ2) is 6.29. The summed E-state index contributed by atoms with van der Waals surface area (Å²) in [6, 6.07) is 5.30. The Labute approximate surface area is 122 Å². The van der Waals surface area contributed by atoms with Crippen LogP contribution in [-0.2, 0) is 11.2 Å². The largest absolute Gasteiger partial charge is 0.298 e. The molecule has 1 unspecified atom stereocenters. The van der Waals surface area contributed by atoms with Gasteiger partial charge in [0.05, 0.1) is 6.04 Å². The number of benzene rings is 1. The molecule has 1 heterocycles. The fourth-order valence-electron chi connectivity index (χ4n) is 2.00. The first-order valence-electron chi connectivity index (χ1n) is 5.82. The van der Waals surface area contributed by atoms with E-state index in [1.807, 2.05) is 24.9 Å². The van der Waals surface area contributed by atoms with E-state index in [0.717, 1.165) is 23.6 Å². The molecule has 0 radical (unpaired) electrons. The smallest absolute Gasteiger partial charge is 0.155 e. The number of thioether (sulfide) groups is 1. The zero-order valence-electron chi connectivity index (χ0n) is 10.2. The number of rotatable bonds is 3. The quantitative estimate of drug-likeness (QED) is 0.855. The summed E-state index contributed by atoms with van der Waals surface area (Å²) in [4.78, 5) is 14.4. The highest BCUT2D eigenvalue weighted by atomic mass is 35.5. The summed E-state index contributed by atoms with van der Waals surface area (Å²) < 4.78 is 0. The SMILES string of the molecule is CN1CCSCC1C(=O)Cc1ccc(Cl)cc1Cl. The number of nitrogens with zero attached hydrogens (tertiary/aromatic N) is 1. The van der Waals surface area contributed by atoms with E-state index < -0.39 is 0 Å². The highest BCUT2D eigenvalue weighted by molar-refractivity contribution is 7.99. The highest BCUT2D eigenvalue weighted by Gasteiger charge is 2.26. The van der Waals surface area contributed by atoms with Gasteiger partial charge in [-0.1, -0.05) is 29.3 Å². The molecule has 0 aliphatic carbocycles. The molecule has 1 aliphatic heterocycles. The molecule has 1 atom stereocenters. The third-order valence-electron chi connectivity index (χ3n) is 3.15. The van der Waals surface area contributed by atoms with Gasteiger partial charge in [-0.25, -0.2) is 0 Å². The van der Waals surface area contributed by atoms with E-state index in [0.29, 0.717) is 16.5 Å². The van der Waals surface area contributed by atoms with Crippen LogP contribution in [-0.4, -0.2) is 41.8 Å². The normalized spacial score (nSPS) is 20.9. The van der Waals surface area contributed by atoms with E-state index >= 15 is 0 Å². The van der Waals surface area contributed by atoms with Gasteiger partial charge in [-0.15, -0.1) is 0 Å². The Balaban J connectivity index is 2.06. The highest BCUT2D eigenvalue weighted by Crippen LogP contribution is 2.23. The average molecular weight is 304 g/mol. The van der Waals surface area contributed by atoms with E-state index in [4.69, 9.17) is 23.2 Å². The molecule has 98 valence electrons. The van der Waals surface area contributed by atoms with Gasteiger partial charge in [0.15, 0.2) is 5.78 Å². The maximum Gasteiger partial charge on any atom is 0.155 e. The minimum Gasteiger partial charge on any atom is -0.298 e. The van der Waals surface area contributed by atoms with Crippen molar-refractivity contribution in [3.63, 3.8) is 0 Å². The van der Waals surface area contributed by atoms with Gasteiger partial charge in [-0.2, -0.15) is 11.8 Å². The maximum atomic E-state index is 12.3. The van der Waals surface area contributed by atoms with E-state index in [2.05, 4.69) is 4.90 Å². The van der Waals surface area contributed by atoms with Crippen molar-refractivity contribution in [3.8, 4) is 0 Å². The fourth-order valence-corrected chi connectivity index (χ4v) is 3.72. The van der Waals surface area contributed by atoms with Gasteiger partial charge in [0.2, 0.25) is 0 Å². The number of carbonyl (C=O) groups excluding carboxylic acids is 1. The summed E-state index contributed by atoms with van der Waals surface area (Å²) in [5.74, 6) is 2.21. The van der Waals surface area contributed by atoms with Crippen molar-refractivity contribution >= 4 is 40.7 Å². The molecular weight excluding hydrogens is 289 g/mol. The molecule has 0 spiro atoms. The van der Waals surface area contributed by atoms with Crippen molar-refractivity contribution in [3.05, 3.63) is 33.8 Å². The van der Waals surface area contributed by atoms with E-state index in [-0.39, 0.29) is 11.8 Å². The van der Waals surface area contributed by atoms with Gasteiger partial charge in [-0.3, -0.25) is 9.69 Å². The molecule has 0 aromatic heterocycles. The van der Waals surface area contributed by atoms with Crippen LogP contribution in [0.4, 0.5) is 0 Å². The van der Waals surface area contributed by atoms with Crippen LogP contribution in [0, 0.1) is 0 Å². The van der Waals surface area contributed by atoms with E-state index in [1.165, 1.54) is 0 Å². The number of Topliss-reactive ketones (excluding diaryl/α,β-unsaturated/α-hetero) is 1. The Morgan fingerprint density at radius 2 is 2.28 bits per heavy atom. The summed E-state index contributed by atoms with van der Waals surface area (Å²) in [5, 5.41) is 1.17. The maximum absolute atomic E-state index is 12.3. The molecule has 1 aromatic carbocycles. The van der Waals surface area contributed by atoms with E-state index in [9.17, 15) is 4.79 Å². The van der Waals surface area contributed by atoms with Crippen LogP contribution < -0.4 is 0 Å². The number of hydrogen-bond donors (Lipinski definition) is 0. The predicted molar refractivity (Wildman–Crippen MR) is 78.9 cm³/mol. The van der Waals surface area contributed by atoms with Gasteiger partial charge in [-0.05, 0) is 24.7 Å². The van der Waals surface area contributed by atoms with Gasteiger partial charge in [0, 0.05) is 34.5 Å². The lowest BCUT2D eigenvalue weighted by Gasteiger charge is -2.30. The topological polar surface area (TPSA) is 20.3 Å². The first-order chi connectivity index (χ1) is 8.58. The standard InChI is InChI=1S/C13H15Cl2NOS/c1-16-4-5-18-8-12(16)13(17)6-9-2-3-10(14)7-11(9)15/h2-3,7,12H,4-6,8H2,1H3. The molecule has 0 bridgehead atoms. The molecule has 1 aliphatic rings. The van der Waals surface area contributed by atoms with Crippen LogP contribution >= 0.6 is 35.0 Å². The zero-order valence-corrected chi connectivity index (χ0v) is 12.5. The first-order valence-corrected chi connectivity index (χ1v) is 7.73. The van der Waals surface area contributed by atoms with Crippen molar-refractivity contribution in [1.82, 2.24) is 4.90 Å². The summed E-state index contributed by atoms with van der Waals surface area (Å²) >= 11 is 13.8. The van der Waals surface area contributed by atoms with Gasteiger partial charge < -0.3 is 0 Å². The van der Waals surface area contributed by atoms with E-state index in [1.54, 1.807) is 12.1 Å². The van der Waals surface area contributed by atoms with Crippen LogP contribution in [0.5, 0.6) is 0 Å². The molecule has 1 aromatic rings.